The quantitative estimate of drug-likeness (QED) is 0.202. The van der Waals surface area contributed by atoms with E-state index in [0.29, 0.717) is 35.0 Å². The first kappa shape index (κ1) is 36.9. The maximum atomic E-state index is 11.3. The lowest BCUT2D eigenvalue weighted by Crippen LogP contribution is -2.46. The minimum atomic E-state index is -3.20. The van der Waals surface area contributed by atoms with E-state index in [9.17, 15) is 16.8 Å². The number of halogens is 1. The molecule has 0 spiro atoms. The number of sulfonamides is 2. The van der Waals surface area contributed by atoms with Crippen molar-refractivity contribution >= 4 is 54.0 Å². The minimum absolute atomic E-state index is 0.223. The van der Waals surface area contributed by atoms with Crippen molar-refractivity contribution in [2.75, 3.05) is 59.6 Å². The minimum Gasteiger partial charge on any atom is -0.316 e. The second kappa shape index (κ2) is 13.5. The average Bonchev–Trinajstić information content (AvgIpc) is 3.49. The van der Waals surface area contributed by atoms with E-state index in [0.717, 1.165) is 49.3 Å². The fraction of sp³-hybridized carbons (Fsp3) is 0.692. The van der Waals surface area contributed by atoms with E-state index >= 15 is 0 Å². The Labute approximate surface area is 315 Å². The molecule has 8 nitrogen and oxygen atoms in total. The number of anilines is 2. The van der Waals surface area contributed by atoms with Gasteiger partial charge in [-0.25, -0.2) is 16.8 Å². The smallest absolute Gasteiger partial charge is 0.229 e. The topological polar surface area (TPSA) is 108 Å². The number of likely N-dealkylation sites (tertiary alicyclic amines) is 1. The van der Waals surface area contributed by atoms with Crippen molar-refractivity contribution in [3.63, 3.8) is 0 Å². The molecular formula is C39H57IN4O4S2. The molecule has 2 saturated heterocycles. The van der Waals surface area contributed by atoms with Crippen LogP contribution in [-0.2, 0) is 30.9 Å². The summed E-state index contributed by atoms with van der Waals surface area (Å²) in [6, 6.07) is 15.6. The Balaban J connectivity index is 0.000000120. The average molecular weight is 837 g/mol. The Kier molecular flexibility index (Phi) is 9.94. The van der Waals surface area contributed by atoms with E-state index in [4.69, 9.17) is 0 Å². The normalized spacial score (nSPS) is 39.0. The molecule has 0 radical (unpaired) electrons. The van der Waals surface area contributed by atoms with Gasteiger partial charge in [0.15, 0.2) is 0 Å². The van der Waals surface area contributed by atoms with Gasteiger partial charge in [-0.15, -0.1) is 0 Å². The van der Waals surface area contributed by atoms with Crippen LogP contribution in [0.5, 0.6) is 0 Å². The number of nitrogens with zero attached hydrogens (tertiary/aromatic N) is 1. The molecule has 6 saturated carbocycles. The summed E-state index contributed by atoms with van der Waals surface area (Å²) in [5.41, 5.74) is 5.11. The van der Waals surface area contributed by atoms with Crippen molar-refractivity contribution in [2.24, 2.45) is 46.8 Å². The summed E-state index contributed by atoms with van der Waals surface area (Å²) in [7, 11) is -4.24. The summed E-state index contributed by atoms with van der Waals surface area (Å²) in [6.45, 7) is 9.02. The largest absolute Gasteiger partial charge is 0.316 e. The van der Waals surface area contributed by atoms with Gasteiger partial charge in [0.1, 0.15) is 0 Å². The van der Waals surface area contributed by atoms with Gasteiger partial charge in [-0.2, -0.15) is 0 Å². The third kappa shape index (κ3) is 7.51. The third-order valence-electron chi connectivity index (χ3n) is 13.9. The molecule has 11 heteroatoms. The maximum Gasteiger partial charge on any atom is 0.229 e. The van der Waals surface area contributed by atoms with Crippen LogP contribution in [0.1, 0.15) is 69.9 Å². The monoisotopic (exact) mass is 836 g/mol. The summed E-state index contributed by atoms with van der Waals surface area (Å²) < 4.78 is 51.6. The van der Waals surface area contributed by atoms with Crippen LogP contribution in [0.2, 0.25) is 0 Å². The fourth-order valence-electron chi connectivity index (χ4n) is 11.8. The van der Waals surface area contributed by atoms with Crippen molar-refractivity contribution in [2.45, 2.75) is 69.6 Å². The molecule has 2 heterocycles. The number of hydrogen-bond donors (Lipinski definition) is 3. The van der Waals surface area contributed by atoms with Crippen molar-refractivity contribution in [1.29, 1.82) is 0 Å². The Morgan fingerprint density at radius 3 is 1.56 bits per heavy atom. The SMILES string of the molecule is CC1(c2cccc(NS(C)(=O)=O)c2)C2CNCC21.CN1CC2C(C1)C2(C)c1cccc(NS(C)(=O)=O)c1.ICCC12CC3CC(CC(C3)C1)C2. The van der Waals surface area contributed by atoms with E-state index < -0.39 is 20.0 Å². The molecule has 2 aliphatic heterocycles. The van der Waals surface area contributed by atoms with Crippen LogP contribution in [0.25, 0.3) is 0 Å². The lowest BCUT2D eigenvalue weighted by Gasteiger charge is -2.57. The predicted molar refractivity (Wildman–Crippen MR) is 213 cm³/mol. The van der Waals surface area contributed by atoms with Gasteiger partial charge in [-0.3, -0.25) is 9.44 Å². The van der Waals surface area contributed by atoms with Crippen LogP contribution in [-0.4, -0.2) is 71.9 Å². The molecule has 8 fully saturated rings. The number of benzene rings is 2. The van der Waals surface area contributed by atoms with Crippen LogP contribution >= 0.6 is 22.6 Å². The Morgan fingerprint density at radius 2 is 1.16 bits per heavy atom. The number of rotatable bonds is 8. The fourth-order valence-corrected chi connectivity index (χ4v) is 14.0. The van der Waals surface area contributed by atoms with Crippen LogP contribution in [0.15, 0.2) is 48.5 Å². The molecule has 2 aromatic rings. The predicted octanol–water partition coefficient (Wildman–Crippen LogP) is 6.70. The lowest BCUT2D eigenvalue weighted by atomic mass is 9.49. The molecular weight excluding hydrogens is 779 g/mol. The zero-order valence-electron chi connectivity index (χ0n) is 30.4. The van der Waals surface area contributed by atoms with E-state index in [2.05, 4.69) is 75.3 Å². The number of fused-ring (bicyclic) bond motifs is 2. The van der Waals surface area contributed by atoms with Crippen LogP contribution in [0.4, 0.5) is 11.4 Å². The molecule has 6 aliphatic carbocycles. The van der Waals surface area contributed by atoms with Gasteiger partial charge >= 0.3 is 0 Å². The summed E-state index contributed by atoms with van der Waals surface area (Å²) in [5.74, 6) is 6.27. The first-order valence-electron chi connectivity index (χ1n) is 18.6. The lowest BCUT2D eigenvalue weighted by molar-refractivity contribution is -0.0534. The van der Waals surface area contributed by atoms with E-state index in [1.807, 2.05) is 24.3 Å². The summed E-state index contributed by atoms with van der Waals surface area (Å²) >= 11 is 2.58. The first-order chi connectivity index (χ1) is 23.5. The van der Waals surface area contributed by atoms with Crippen LogP contribution in [0, 0.1) is 46.8 Å². The van der Waals surface area contributed by atoms with Gasteiger partial charge in [-0.1, -0.05) is 60.7 Å². The van der Waals surface area contributed by atoms with E-state index in [1.165, 1.54) is 34.5 Å². The van der Waals surface area contributed by atoms with Crippen LogP contribution < -0.4 is 14.8 Å². The van der Waals surface area contributed by atoms with Crippen molar-refractivity contribution in [1.82, 2.24) is 10.2 Å². The van der Waals surface area contributed by atoms with E-state index in [1.54, 1.807) is 50.7 Å². The molecule has 50 heavy (non-hydrogen) atoms. The number of alkyl halides is 1. The first-order valence-corrected chi connectivity index (χ1v) is 23.9. The highest BCUT2D eigenvalue weighted by Gasteiger charge is 2.65. The van der Waals surface area contributed by atoms with Gasteiger partial charge in [-0.05, 0) is 147 Å². The van der Waals surface area contributed by atoms with Crippen molar-refractivity contribution in [3.8, 4) is 0 Å². The molecule has 4 atom stereocenters. The zero-order chi connectivity index (χ0) is 35.7. The van der Waals surface area contributed by atoms with E-state index in [-0.39, 0.29) is 10.8 Å². The second-order valence-electron chi connectivity index (χ2n) is 17.6. The molecule has 0 amide bonds. The second-order valence-corrected chi connectivity index (χ2v) is 22.2. The number of nitrogens with one attached hydrogen (secondary N) is 3. The highest BCUT2D eigenvalue weighted by Crippen LogP contribution is 2.64. The molecule has 8 aliphatic rings. The third-order valence-corrected chi connectivity index (χ3v) is 15.7. The highest BCUT2D eigenvalue weighted by molar-refractivity contribution is 14.1. The summed E-state index contributed by atoms with van der Waals surface area (Å²) in [6.07, 6.45) is 13.5. The summed E-state index contributed by atoms with van der Waals surface area (Å²) in [5, 5.41) is 3.39. The Hall–Kier alpha value is -1.41. The Morgan fingerprint density at radius 1 is 0.740 bits per heavy atom. The molecule has 4 unspecified atom stereocenters. The van der Waals surface area contributed by atoms with Gasteiger partial charge in [0.2, 0.25) is 20.0 Å². The maximum absolute atomic E-state index is 11.3. The standard InChI is InChI=1S/C14H20N2O2S.C13H18N2O2S.C12H19I/c1-14(12-8-16(2)9-13(12)14)10-5-4-6-11(7-10)15-19(3,17)18;1-13(11-7-14-8-12(11)13)9-4-3-5-10(6-9)15-18(2,16)17;13-2-1-12-6-9-3-10(7-12)5-11(4-9)8-12/h4-7,12-13,15H,8-9H2,1-3H3;3-6,11-12,14-15H,7-8H2,1-2H3;9-11H,1-8H2. The van der Waals surface area contributed by atoms with Gasteiger partial charge < -0.3 is 10.2 Å². The number of hydrogen-bond acceptors (Lipinski definition) is 6. The van der Waals surface area contributed by atoms with Crippen LogP contribution in [0.3, 0.4) is 0 Å². The molecule has 3 N–H and O–H groups in total. The zero-order valence-corrected chi connectivity index (χ0v) is 34.2. The van der Waals surface area contributed by atoms with Gasteiger partial charge in [0.25, 0.3) is 0 Å². The Bertz CT molecular complexity index is 1740. The molecule has 4 bridgehead atoms. The van der Waals surface area contributed by atoms with Gasteiger partial charge in [0, 0.05) is 39.7 Å². The number of piperidine rings is 2. The highest BCUT2D eigenvalue weighted by atomic mass is 127. The van der Waals surface area contributed by atoms with Crippen molar-refractivity contribution in [3.05, 3.63) is 59.7 Å². The molecule has 276 valence electrons. The van der Waals surface area contributed by atoms with Crippen molar-refractivity contribution < 1.29 is 16.8 Å². The molecule has 10 rings (SSSR count). The molecule has 0 aromatic heterocycles. The van der Waals surface area contributed by atoms with Gasteiger partial charge in [0.05, 0.1) is 12.5 Å². The summed E-state index contributed by atoms with van der Waals surface area (Å²) in [4.78, 5) is 2.37. The molecule has 2 aromatic carbocycles.